The van der Waals surface area contributed by atoms with Crippen LogP contribution in [0.15, 0.2) is 56.6 Å². The van der Waals surface area contributed by atoms with Crippen molar-refractivity contribution in [3.8, 4) is 11.5 Å². The lowest BCUT2D eigenvalue weighted by molar-refractivity contribution is 0.210. The van der Waals surface area contributed by atoms with Gasteiger partial charge in [0.2, 0.25) is 5.89 Å². The van der Waals surface area contributed by atoms with E-state index in [1.165, 1.54) is 36.0 Å². The van der Waals surface area contributed by atoms with Crippen molar-refractivity contribution in [1.29, 1.82) is 0 Å². The van der Waals surface area contributed by atoms with E-state index in [9.17, 15) is 8.78 Å². The van der Waals surface area contributed by atoms with E-state index in [-0.39, 0.29) is 11.6 Å². The molecule has 0 bridgehead atoms. The minimum Gasteiger partial charge on any atom is -0.411 e. The standard InChI is InChI=1S/C23H22F2N4O2S/c24-17-4-2-16(3-5-17)22-26-27-23(30-22)32-13-1-10-29-11-8-15(9-12-29)21-19-7-6-18(25)14-20(19)31-28-21/h2-7,14-15H,1,8-13H2. The van der Waals surface area contributed by atoms with E-state index in [1.54, 1.807) is 18.2 Å². The van der Waals surface area contributed by atoms with Crippen molar-refractivity contribution in [2.45, 2.75) is 30.4 Å². The third-order valence-electron chi connectivity index (χ3n) is 5.78. The summed E-state index contributed by atoms with van der Waals surface area (Å²) in [5.74, 6) is 1.02. The Hall–Kier alpha value is -2.78. The molecule has 5 rings (SSSR count). The molecule has 3 heterocycles. The van der Waals surface area contributed by atoms with Crippen LogP contribution in [0.4, 0.5) is 8.78 Å². The smallest absolute Gasteiger partial charge is 0.276 e. The lowest BCUT2D eigenvalue weighted by atomic mass is 9.91. The van der Waals surface area contributed by atoms with Crippen LogP contribution >= 0.6 is 11.8 Å². The number of rotatable bonds is 7. The fourth-order valence-electron chi connectivity index (χ4n) is 4.08. The lowest BCUT2D eigenvalue weighted by Crippen LogP contribution is -2.34. The number of thioether (sulfide) groups is 1. The molecule has 1 aliphatic heterocycles. The Kier molecular flexibility index (Phi) is 6.18. The summed E-state index contributed by atoms with van der Waals surface area (Å²) in [7, 11) is 0. The van der Waals surface area contributed by atoms with Crippen LogP contribution in [0, 0.1) is 11.6 Å². The van der Waals surface area contributed by atoms with E-state index in [1.807, 2.05) is 0 Å². The number of benzene rings is 2. The van der Waals surface area contributed by atoms with E-state index in [2.05, 4.69) is 20.3 Å². The molecule has 166 valence electrons. The van der Waals surface area contributed by atoms with Crippen LogP contribution in [0.25, 0.3) is 22.4 Å². The van der Waals surface area contributed by atoms with Gasteiger partial charge in [0.25, 0.3) is 5.22 Å². The first kappa shape index (κ1) is 21.1. The number of likely N-dealkylation sites (tertiary alicyclic amines) is 1. The van der Waals surface area contributed by atoms with Crippen LogP contribution in [-0.2, 0) is 0 Å². The van der Waals surface area contributed by atoms with Gasteiger partial charge in [0.15, 0.2) is 5.58 Å². The zero-order valence-electron chi connectivity index (χ0n) is 17.3. The Morgan fingerprint density at radius 1 is 1.00 bits per heavy atom. The molecule has 1 aliphatic rings. The third kappa shape index (κ3) is 4.68. The van der Waals surface area contributed by atoms with Gasteiger partial charge in [-0.15, -0.1) is 10.2 Å². The largest absolute Gasteiger partial charge is 0.411 e. The third-order valence-corrected chi connectivity index (χ3v) is 6.68. The molecule has 0 aliphatic carbocycles. The molecule has 32 heavy (non-hydrogen) atoms. The summed E-state index contributed by atoms with van der Waals surface area (Å²) < 4.78 is 37.4. The van der Waals surface area contributed by atoms with Gasteiger partial charge in [-0.1, -0.05) is 16.9 Å². The highest BCUT2D eigenvalue weighted by atomic mass is 32.2. The van der Waals surface area contributed by atoms with Crippen LogP contribution in [0.1, 0.15) is 30.9 Å². The van der Waals surface area contributed by atoms with Crippen molar-refractivity contribution < 1.29 is 17.7 Å². The van der Waals surface area contributed by atoms with Crippen LogP contribution in [0.5, 0.6) is 0 Å². The van der Waals surface area contributed by atoms with Crippen molar-refractivity contribution in [3.63, 3.8) is 0 Å². The molecule has 6 nitrogen and oxygen atoms in total. The van der Waals surface area contributed by atoms with Gasteiger partial charge in [0.05, 0.1) is 5.69 Å². The minimum atomic E-state index is -0.305. The first-order valence-corrected chi connectivity index (χ1v) is 11.6. The molecule has 0 atom stereocenters. The van der Waals surface area contributed by atoms with Gasteiger partial charge in [-0.2, -0.15) is 0 Å². The Bertz CT molecular complexity index is 1190. The van der Waals surface area contributed by atoms with Crippen molar-refractivity contribution in [2.24, 2.45) is 0 Å². The second-order valence-corrected chi connectivity index (χ2v) is 8.95. The van der Waals surface area contributed by atoms with Gasteiger partial charge >= 0.3 is 0 Å². The number of hydrogen-bond acceptors (Lipinski definition) is 7. The summed E-state index contributed by atoms with van der Waals surface area (Å²) >= 11 is 1.53. The molecule has 9 heteroatoms. The number of nitrogens with zero attached hydrogens (tertiary/aromatic N) is 4. The maximum atomic E-state index is 13.4. The molecule has 0 saturated carbocycles. The number of fused-ring (bicyclic) bond motifs is 1. The van der Waals surface area contributed by atoms with Crippen molar-refractivity contribution in [3.05, 3.63) is 59.8 Å². The number of hydrogen-bond donors (Lipinski definition) is 0. The summed E-state index contributed by atoms with van der Waals surface area (Å²) in [6.07, 6.45) is 3.03. The molecular weight excluding hydrogens is 434 g/mol. The zero-order valence-corrected chi connectivity index (χ0v) is 18.2. The van der Waals surface area contributed by atoms with Gasteiger partial charge in [-0.25, -0.2) is 8.78 Å². The van der Waals surface area contributed by atoms with Gasteiger partial charge in [-0.05, 0) is 75.3 Å². The molecular formula is C23H22F2N4O2S. The molecule has 0 N–H and O–H groups in total. The van der Waals surface area contributed by atoms with E-state index in [0.717, 1.165) is 55.7 Å². The number of aromatic nitrogens is 3. The molecule has 0 unspecified atom stereocenters. The monoisotopic (exact) mass is 456 g/mol. The fourth-order valence-corrected chi connectivity index (χ4v) is 4.76. The molecule has 4 aromatic rings. The summed E-state index contributed by atoms with van der Waals surface area (Å²) in [5.41, 5.74) is 2.17. The highest BCUT2D eigenvalue weighted by Crippen LogP contribution is 2.33. The Morgan fingerprint density at radius 2 is 1.78 bits per heavy atom. The molecule has 0 spiro atoms. The van der Waals surface area contributed by atoms with Crippen LogP contribution < -0.4 is 0 Å². The molecule has 1 fully saturated rings. The molecule has 0 amide bonds. The fraction of sp³-hybridized carbons (Fsp3) is 0.348. The number of halogens is 2. The van der Waals surface area contributed by atoms with Gasteiger partial charge in [-0.3, -0.25) is 0 Å². The SMILES string of the molecule is Fc1ccc(-c2nnc(SCCCN3CCC(c4noc5cc(F)ccc45)CC3)o2)cc1. The van der Waals surface area contributed by atoms with Crippen LogP contribution in [0.3, 0.4) is 0 Å². The van der Waals surface area contributed by atoms with Gasteiger partial charge in [0, 0.05) is 28.7 Å². The van der Waals surface area contributed by atoms with Crippen molar-refractivity contribution >= 4 is 22.7 Å². The van der Waals surface area contributed by atoms with Gasteiger partial charge < -0.3 is 13.8 Å². The Morgan fingerprint density at radius 3 is 2.59 bits per heavy atom. The first-order valence-electron chi connectivity index (χ1n) is 10.6. The molecule has 1 saturated heterocycles. The first-order chi connectivity index (χ1) is 15.7. The van der Waals surface area contributed by atoms with E-state index in [4.69, 9.17) is 8.94 Å². The normalized spacial score (nSPS) is 15.6. The average Bonchev–Trinajstić information content (AvgIpc) is 3.45. The highest BCUT2D eigenvalue weighted by molar-refractivity contribution is 7.99. The average molecular weight is 457 g/mol. The maximum Gasteiger partial charge on any atom is 0.276 e. The molecule has 0 radical (unpaired) electrons. The van der Waals surface area contributed by atoms with E-state index >= 15 is 0 Å². The summed E-state index contributed by atoms with van der Waals surface area (Å²) in [5, 5.41) is 13.8. The second-order valence-electron chi connectivity index (χ2n) is 7.91. The van der Waals surface area contributed by atoms with Crippen molar-refractivity contribution in [1.82, 2.24) is 20.3 Å². The second kappa shape index (κ2) is 9.38. The maximum absolute atomic E-state index is 13.4. The van der Waals surface area contributed by atoms with Gasteiger partial charge in [0.1, 0.15) is 11.6 Å². The topological polar surface area (TPSA) is 68.2 Å². The Balaban J connectivity index is 1.06. The summed E-state index contributed by atoms with van der Waals surface area (Å²) in [6.45, 7) is 3.00. The predicted octanol–water partition coefficient (Wildman–Crippen LogP) is 5.52. The summed E-state index contributed by atoms with van der Waals surface area (Å²) in [6, 6.07) is 10.6. The van der Waals surface area contributed by atoms with E-state index < -0.39 is 0 Å². The number of piperidine rings is 1. The van der Waals surface area contributed by atoms with Crippen LogP contribution in [-0.4, -0.2) is 45.6 Å². The predicted molar refractivity (Wildman–Crippen MR) is 117 cm³/mol. The minimum absolute atomic E-state index is 0.295. The zero-order chi connectivity index (χ0) is 21.9. The lowest BCUT2D eigenvalue weighted by Gasteiger charge is -2.31. The molecule has 2 aromatic heterocycles. The summed E-state index contributed by atoms with van der Waals surface area (Å²) in [4.78, 5) is 2.46. The van der Waals surface area contributed by atoms with E-state index in [0.29, 0.717) is 28.2 Å². The van der Waals surface area contributed by atoms with Crippen LogP contribution in [0.2, 0.25) is 0 Å². The Labute approximate surface area is 188 Å². The highest BCUT2D eigenvalue weighted by Gasteiger charge is 2.25. The molecule has 2 aromatic carbocycles. The van der Waals surface area contributed by atoms with Crippen molar-refractivity contribution in [2.75, 3.05) is 25.4 Å². The quantitative estimate of drug-likeness (QED) is 0.268.